The molecule has 12 aromatic rings. The molecule has 0 aliphatic heterocycles. The lowest BCUT2D eigenvalue weighted by molar-refractivity contribution is 1.18. The maximum atomic E-state index is 2.49. The van der Waals surface area contributed by atoms with Gasteiger partial charge in [-0.15, -0.1) is 0 Å². The quantitative estimate of drug-likeness (QED) is 0.152. The van der Waals surface area contributed by atoms with Crippen molar-refractivity contribution in [3.63, 3.8) is 0 Å². The minimum atomic E-state index is 1.13. The van der Waals surface area contributed by atoms with Crippen molar-refractivity contribution >= 4 is 43.6 Å². The molecule has 0 saturated heterocycles. The topological polar surface area (TPSA) is 9.86 Å². The maximum Gasteiger partial charge on any atom is 0.0619 e. The molecule has 0 spiro atoms. The van der Waals surface area contributed by atoms with Crippen LogP contribution in [-0.2, 0) is 0 Å². The van der Waals surface area contributed by atoms with Crippen LogP contribution in [0.5, 0.6) is 0 Å². The number of benzene rings is 10. The number of fused-ring (bicyclic) bond motifs is 6. The Balaban J connectivity index is 1.10. The van der Waals surface area contributed by atoms with E-state index in [1.54, 1.807) is 0 Å². The molecule has 2 heteroatoms. The molecule has 0 aliphatic carbocycles. The normalized spacial score (nSPS) is 11.5. The molecule has 0 fully saturated rings. The van der Waals surface area contributed by atoms with Gasteiger partial charge in [-0.3, -0.25) is 0 Å². The molecule has 10 aromatic carbocycles. The molecule has 0 radical (unpaired) electrons. The van der Waals surface area contributed by atoms with Crippen LogP contribution in [0.1, 0.15) is 0 Å². The third-order valence-corrected chi connectivity index (χ3v) is 12.5. The van der Waals surface area contributed by atoms with Crippen LogP contribution in [0.15, 0.2) is 243 Å². The number of aromatic nitrogens is 2. The van der Waals surface area contributed by atoms with Crippen molar-refractivity contribution in [1.82, 2.24) is 9.13 Å². The van der Waals surface area contributed by atoms with Crippen molar-refractivity contribution in [2.24, 2.45) is 0 Å². The Bertz CT molecular complexity index is 3480. The first-order chi connectivity index (χ1) is 30.7. The molecular weight excluding hydrogens is 749 g/mol. The SMILES string of the molecule is c1ccc(-c2cc(-c3ccccc3)cc(-n3c4ccccc4c4cc(-c5cccc6c7ccccc7n(-c7cc(-c8ccccc8)cc(-c8ccccc8)c7)c56)ccc43)c2)cc1. The van der Waals surface area contributed by atoms with Gasteiger partial charge in [-0.05, 0) is 111 Å². The van der Waals surface area contributed by atoms with E-state index in [1.165, 1.54) is 99.2 Å². The van der Waals surface area contributed by atoms with E-state index in [-0.39, 0.29) is 0 Å². The van der Waals surface area contributed by atoms with Crippen LogP contribution < -0.4 is 0 Å². The van der Waals surface area contributed by atoms with Gasteiger partial charge in [0.2, 0.25) is 0 Å². The molecule has 0 amide bonds. The maximum absolute atomic E-state index is 2.49. The van der Waals surface area contributed by atoms with Gasteiger partial charge in [0, 0.05) is 38.5 Å². The van der Waals surface area contributed by atoms with Gasteiger partial charge in [-0.2, -0.15) is 0 Å². The van der Waals surface area contributed by atoms with E-state index < -0.39 is 0 Å². The number of para-hydroxylation sites is 3. The number of hydrogen-bond donors (Lipinski definition) is 0. The van der Waals surface area contributed by atoms with E-state index in [0.717, 1.165) is 11.4 Å². The largest absolute Gasteiger partial charge is 0.309 e. The Morgan fingerprint density at radius 2 is 0.597 bits per heavy atom. The van der Waals surface area contributed by atoms with Crippen LogP contribution in [0.3, 0.4) is 0 Å². The summed E-state index contributed by atoms with van der Waals surface area (Å²) < 4.78 is 4.94. The van der Waals surface area contributed by atoms with Crippen molar-refractivity contribution in [2.75, 3.05) is 0 Å². The van der Waals surface area contributed by atoms with Gasteiger partial charge in [0.15, 0.2) is 0 Å². The molecule has 0 aliphatic rings. The second kappa shape index (κ2) is 14.8. The van der Waals surface area contributed by atoms with E-state index in [2.05, 4.69) is 252 Å². The first-order valence-electron chi connectivity index (χ1n) is 21.3. The predicted molar refractivity (Wildman–Crippen MR) is 262 cm³/mol. The summed E-state index contributed by atoms with van der Waals surface area (Å²) in [5, 5.41) is 4.92. The zero-order valence-corrected chi connectivity index (χ0v) is 34.0. The van der Waals surface area contributed by atoms with Crippen LogP contribution in [0.4, 0.5) is 0 Å². The van der Waals surface area contributed by atoms with Gasteiger partial charge in [-0.1, -0.05) is 182 Å². The average molecular weight is 789 g/mol. The molecule has 0 bridgehead atoms. The Morgan fingerprint density at radius 3 is 1.10 bits per heavy atom. The minimum absolute atomic E-state index is 1.13. The number of hydrogen-bond acceptors (Lipinski definition) is 0. The average Bonchev–Trinajstić information content (AvgIpc) is 3.88. The van der Waals surface area contributed by atoms with Gasteiger partial charge >= 0.3 is 0 Å². The minimum Gasteiger partial charge on any atom is -0.309 e. The zero-order valence-electron chi connectivity index (χ0n) is 34.0. The highest BCUT2D eigenvalue weighted by atomic mass is 15.0. The summed E-state index contributed by atoms with van der Waals surface area (Å²) in [6, 6.07) is 88.5. The summed E-state index contributed by atoms with van der Waals surface area (Å²) in [4.78, 5) is 0. The zero-order chi connectivity index (χ0) is 41.0. The lowest BCUT2D eigenvalue weighted by Gasteiger charge is -2.16. The van der Waals surface area contributed by atoms with Crippen LogP contribution in [0.2, 0.25) is 0 Å². The summed E-state index contributed by atoms with van der Waals surface area (Å²) >= 11 is 0. The molecule has 2 nitrogen and oxygen atoms in total. The summed E-state index contributed by atoms with van der Waals surface area (Å²) in [5.74, 6) is 0. The van der Waals surface area contributed by atoms with Gasteiger partial charge in [0.1, 0.15) is 0 Å². The van der Waals surface area contributed by atoms with Crippen LogP contribution in [-0.4, -0.2) is 9.13 Å². The third-order valence-electron chi connectivity index (χ3n) is 12.5. The Kier molecular flexibility index (Phi) is 8.53. The first-order valence-corrected chi connectivity index (χ1v) is 21.3. The standard InChI is InChI=1S/C60H40N2/c1-5-18-41(19-6-1)46-34-47(42-20-7-2-8-21-42)37-50(36-46)61-57-30-15-14-27-54(57)56-40-45(32-33-59(56)61)52-28-17-29-55-53-26-13-16-31-58(53)62(60(52)55)51-38-48(43-22-9-3-10-23-43)35-49(39-51)44-24-11-4-12-25-44/h1-40H. The van der Waals surface area contributed by atoms with Gasteiger partial charge in [-0.25, -0.2) is 0 Å². The summed E-state index contributed by atoms with van der Waals surface area (Å²) in [5.41, 5.74) is 18.9. The van der Waals surface area contributed by atoms with Crippen molar-refractivity contribution in [2.45, 2.75) is 0 Å². The molecular formula is C60H40N2. The monoisotopic (exact) mass is 788 g/mol. The molecule has 0 unspecified atom stereocenters. The van der Waals surface area contributed by atoms with Crippen molar-refractivity contribution < 1.29 is 0 Å². The van der Waals surface area contributed by atoms with E-state index in [0.29, 0.717) is 0 Å². The summed E-state index contributed by atoms with van der Waals surface area (Å²) in [7, 11) is 0. The highest BCUT2D eigenvalue weighted by Crippen LogP contribution is 2.43. The molecule has 2 heterocycles. The van der Waals surface area contributed by atoms with E-state index in [4.69, 9.17) is 0 Å². The van der Waals surface area contributed by atoms with Gasteiger partial charge < -0.3 is 9.13 Å². The molecule has 0 saturated carbocycles. The molecule has 12 rings (SSSR count). The fourth-order valence-electron chi connectivity index (χ4n) is 9.61. The Hall–Kier alpha value is -8.20. The molecule has 0 atom stereocenters. The second-order valence-electron chi connectivity index (χ2n) is 16.1. The van der Waals surface area contributed by atoms with Crippen LogP contribution in [0, 0.1) is 0 Å². The predicted octanol–water partition coefficient (Wildman–Crippen LogP) is 16.2. The van der Waals surface area contributed by atoms with Crippen LogP contribution in [0.25, 0.3) is 111 Å². The Morgan fingerprint density at radius 1 is 0.210 bits per heavy atom. The third kappa shape index (κ3) is 6.04. The van der Waals surface area contributed by atoms with Gasteiger partial charge in [0.25, 0.3) is 0 Å². The first kappa shape index (κ1) is 35.7. The lowest BCUT2D eigenvalue weighted by atomic mass is 9.97. The number of rotatable bonds is 7. The molecule has 62 heavy (non-hydrogen) atoms. The van der Waals surface area contributed by atoms with Crippen molar-refractivity contribution in [1.29, 1.82) is 0 Å². The van der Waals surface area contributed by atoms with Crippen molar-refractivity contribution in [3.8, 4) is 67.0 Å². The van der Waals surface area contributed by atoms with E-state index in [9.17, 15) is 0 Å². The van der Waals surface area contributed by atoms with E-state index >= 15 is 0 Å². The van der Waals surface area contributed by atoms with Gasteiger partial charge in [0.05, 0.1) is 22.1 Å². The molecule has 2 aromatic heterocycles. The molecule has 290 valence electrons. The number of nitrogens with zero attached hydrogens (tertiary/aromatic N) is 2. The highest BCUT2D eigenvalue weighted by Gasteiger charge is 2.20. The van der Waals surface area contributed by atoms with Crippen LogP contribution >= 0.6 is 0 Å². The fraction of sp³-hybridized carbons (Fsp3) is 0. The van der Waals surface area contributed by atoms with Crippen molar-refractivity contribution in [3.05, 3.63) is 243 Å². The summed E-state index contributed by atoms with van der Waals surface area (Å²) in [6.07, 6.45) is 0. The highest BCUT2D eigenvalue weighted by molar-refractivity contribution is 6.16. The smallest absolute Gasteiger partial charge is 0.0619 e. The fourth-order valence-corrected chi connectivity index (χ4v) is 9.61. The lowest BCUT2D eigenvalue weighted by Crippen LogP contribution is -1.98. The Labute approximate surface area is 360 Å². The second-order valence-corrected chi connectivity index (χ2v) is 16.1. The summed E-state index contributed by atoms with van der Waals surface area (Å²) in [6.45, 7) is 0. The van der Waals surface area contributed by atoms with E-state index in [1.807, 2.05) is 0 Å². The molecule has 0 N–H and O–H groups in total.